The molecule has 0 spiro atoms. The van der Waals surface area contributed by atoms with Gasteiger partial charge in [0.2, 0.25) is 5.91 Å². The number of carbonyl (C=O) groups excluding carboxylic acids is 1. The van der Waals surface area contributed by atoms with E-state index in [-0.39, 0.29) is 11.3 Å². The number of nitrogens with zero attached hydrogens (tertiary/aromatic N) is 2. The molecule has 17 heavy (non-hydrogen) atoms. The number of nitrogens with one attached hydrogen (secondary N) is 1. The van der Waals surface area contributed by atoms with Gasteiger partial charge in [0.15, 0.2) is 0 Å². The Morgan fingerprint density at radius 1 is 1.65 bits per heavy atom. The van der Waals surface area contributed by atoms with Crippen molar-refractivity contribution in [1.82, 2.24) is 10.3 Å². The fourth-order valence-electron chi connectivity index (χ4n) is 2.26. The molecule has 0 aliphatic carbocycles. The van der Waals surface area contributed by atoms with E-state index in [2.05, 4.69) is 15.2 Å². The molecule has 5 heteroatoms. The highest BCUT2D eigenvalue weighted by molar-refractivity contribution is 6.29. The fraction of sp³-hybridized carbons (Fsp3) is 0.500. The lowest BCUT2D eigenvalue weighted by Crippen LogP contribution is -2.39. The Labute approximate surface area is 106 Å². The largest absolute Gasteiger partial charge is 0.370 e. The molecule has 92 valence electrons. The molecule has 1 amide bonds. The van der Waals surface area contributed by atoms with Crippen LogP contribution in [0.25, 0.3) is 0 Å². The highest BCUT2D eigenvalue weighted by Crippen LogP contribution is 2.33. The van der Waals surface area contributed by atoms with E-state index in [0.717, 1.165) is 18.7 Å². The third-order valence-corrected chi connectivity index (χ3v) is 3.53. The third kappa shape index (κ3) is 2.36. The summed E-state index contributed by atoms with van der Waals surface area (Å²) in [5, 5.41) is 3.21. The SMILES string of the molecule is CNC(=O)C1(C)CCN(c2ccnc(Cl)c2)C1. The summed E-state index contributed by atoms with van der Waals surface area (Å²) < 4.78 is 0. The molecule has 1 aliphatic heterocycles. The first-order valence-electron chi connectivity index (χ1n) is 5.64. The molecule has 2 heterocycles. The number of hydrogen-bond donors (Lipinski definition) is 1. The molecule has 1 atom stereocenters. The number of aromatic nitrogens is 1. The summed E-state index contributed by atoms with van der Waals surface area (Å²) in [6.45, 7) is 3.58. The van der Waals surface area contributed by atoms with Gasteiger partial charge in [-0.25, -0.2) is 4.98 Å². The Kier molecular flexibility index (Phi) is 3.24. The van der Waals surface area contributed by atoms with Crippen molar-refractivity contribution < 1.29 is 4.79 Å². The lowest BCUT2D eigenvalue weighted by Gasteiger charge is -2.23. The third-order valence-electron chi connectivity index (χ3n) is 3.32. The van der Waals surface area contributed by atoms with Crippen molar-refractivity contribution in [2.24, 2.45) is 5.41 Å². The van der Waals surface area contributed by atoms with Gasteiger partial charge in [-0.1, -0.05) is 11.6 Å². The smallest absolute Gasteiger partial charge is 0.227 e. The highest BCUT2D eigenvalue weighted by atomic mass is 35.5. The number of hydrogen-bond acceptors (Lipinski definition) is 3. The summed E-state index contributed by atoms with van der Waals surface area (Å²) in [6.07, 6.45) is 2.54. The average Bonchev–Trinajstić information content (AvgIpc) is 2.72. The van der Waals surface area contributed by atoms with Gasteiger partial charge < -0.3 is 10.2 Å². The molecule has 1 aliphatic rings. The minimum atomic E-state index is -0.315. The number of pyridine rings is 1. The van der Waals surface area contributed by atoms with E-state index in [0.29, 0.717) is 11.7 Å². The van der Waals surface area contributed by atoms with Crippen molar-refractivity contribution in [3.8, 4) is 0 Å². The van der Waals surface area contributed by atoms with E-state index < -0.39 is 0 Å². The van der Waals surface area contributed by atoms with Crippen LogP contribution in [-0.2, 0) is 4.79 Å². The number of halogens is 1. The molecule has 1 unspecified atom stereocenters. The van der Waals surface area contributed by atoms with Crippen LogP contribution in [-0.4, -0.2) is 31.0 Å². The Bertz CT molecular complexity index is 438. The average molecular weight is 254 g/mol. The maximum absolute atomic E-state index is 11.8. The van der Waals surface area contributed by atoms with Crippen LogP contribution in [0.2, 0.25) is 5.15 Å². The van der Waals surface area contributed by atoms with E-state index in [4.69, 9.17) is 11.6 Å². The van der Waals surface area contributed by atoms with Gasteiger partial charge in [-0.15, -0.1) is 0 Å². The van der Waals surface area contributed by atoms with Crippen LogP contribution in [0, 0.1) is 5.41 Å². The van der Waals surface area contributed by atoms with Crippen LogP contribution < -0.4 is 10.2 Å². The fourth-order valence-corrected chi connectivity index (χ4v) is 2.43. The van der Waals surface area contributed by atoms with Crippen LogP contribution in [0.15, 0.2) is 18.3 Å². The molecule has 1 saturated heterocycles. The quantitative estimate of drug-likeness (QED) is 0.816. The van der Waals surface area contributed by atoms with Gasteiger partial charge in [-0.2, -0.15) is 0 Å². The summed E-state index contributed by atoms with van der Waals surface area (Å²) in [7, 11) is 1.68. The molecule has 0 radical (unpaired) electrons. The zero-order valence-electron chi connectivity index (χ0n) is 10.0. The van der Waals surface area contributed by atoms with Gasteiger partial charge in [0.25, 0.3) is 0 Å². The van der Waals surface area contributed by atoms with Crippen LogP contribution >= 0.6 is 11.6 Å². The Hall–Kier alpha value is -1.29. The van der Waals surface area contributed by atoms with Gasteiger partial charge in [0.05, 0.1) is 5.41 Å². The predicted molar refractivity (Wildman–Crippen MR) is 68.3 cm³/mol. The molecule has 4 nitrogen and oxygen atoms in total. The van der Waals surface area contributed by atoms with Crippen molar-refractivity contribution >= 4 is 23.2 Å². The van der Waals surface area contributed by atoms with Crippen molar-refractivity contribution in [2.45, 2.75) is 13.3 Å². The minimum absolute atomic E-state index is 0.0974. The van der Waals surface area contributed by atoms with Gasteiger partial charge in [-0.05, 0) is 25.5 Å². The summed E-state index contributed by atoms with van der Waals surface area (Å²) in [5.74, 6) is 0.0974. The first-order chi connectivity index (χ1) is 8.05. The summed E-state index contributed by atoms with van der Waals surface area (Å²) >= 11 is 5.87. The number of carbonyl (C=O) groups is 1. The molecule has 2 rings (SSSR count). The Morgan fingerprint density at radius 2 is 2.41 bits per heavy atom. The Balaban J connectivity index is 2.15. The molecule has 1 fully saturated rings. The first-order valence-corrected chi connectivity index (χ1v) is 6.02. The molecular weight excluding hydrogens is 238 g/mol. The second-order valence-electron chi connectivity index (χ2n) is 4.65. The van der Waals surface area contributed by atoms with Crippen LogP contribution in [0.4, 0.5) is 5.69 Å². The van der Waals surface area contributed by atoms with Crippen molar-refractivity contribution in [3.63, 3.8) is 0 Å². The molecule has 1 N–H and O–H groups in total. The van der Waals surface area contributed by atoms with E-state index in [1.54, 1.807) is 13.2 Å². The summed E-state index contributed by atoms with van der Waals surface area (Å²) in [5.41, 5.74) is 0.711. The van der Waals surface area contributed by atoms with E-state index in [9.17, 15) is 4.79 Å². The highest BCUT2D eigenvalue weighted by Gasteiger charge is 2.39. The molecule has 1 aromatic heterocycles. The molecule has 0 bridgehead atoms. The zero-order valence-corrected chi connectivity index (χ0v) is 10.8. The number of amides is 1. The van der Waals surface area contributed by atoms with Crippen LogP contribution in [0.1, 0.15) is 13.3 Å². The van der Waals surface area contributed by atoms with Crippen LogP contribution in [0.5, 0.6) is 0 Å². The second kappa shape index (κ2) is 4.53. The van der Waals surface area contributed by atoms with Gasteiger partial charge in [0, 0.05) is 32.0 Å². The monoisotopic (exact) mass is 253 g/mol. The lowest BCUT2D eigenvalue weighted by atomic mass is 9.89. The van der Waals surface area contributed by atoms with Gasteiger partial charge in [-0.3, -0.25) is 4.79 Å². The maximum Gasteiger partial charge on any atom is 0.227 e. The van der Waals surface area contributed by atoms with E-state index in [1.807, 2.05) is 19.1 Å². The normalized spacial score (nSPS) is 23.8. The molecule has 0 aromatic carbocycles. The van der Waals surface area contributed by atoms with Crippen molar-refractivity contribution in [2.75, 3.05) is 25.0 Å². The summed E-state index contributed by atoms with van der Waals surface area (Å²) in [4.78, 5) is 17.9. The summed E-state index contributed by atoms with van der Waals surface area (Å²) in [6, 6.07) is 3.75. The predicted octanol–water partition coefficient (Wildman–Crippen LogP) is 1.70. The number of anilines is 1. The topological polar surface area (TPSA) is 45.2 Å². The van der Waals surface area contributed by atoms with Crippen molar-refractivity contribution in [3.05, 3.63) is 23.5 Å². The second-order valence-corrected chi connectivity index (χ2v) is 5.04. The standard InChI is InChI=1S/C12H16ClN3O/c1-12(11(17)14-2)4-6-16(8-12)9-3-5-15-10(13)7-9/h3,5,7H,4,6,8H2,1-2H3,(H,14,17). The first kappa shape index (κ1) is 12.2. The maximum atomic E-state index is 11.8. The molecule has 0 saturated carbocycles. The molecule has 1 aromatic rings. The molecular formula is C12H16ClN3O. The van der Waals surface area contributed by atoms with Gasteiger partial charge in [0.1, 0.15) is 5.15 Å². The Morgan fingerprint density at radius 3 is 3.06 bits per heavy atom. The number of rotatable bonds is 2. The lowest BCUT2D eigenvalue weighted by molar-refractivity contribution is -0.128. The van der Waals surface area contributed by atoms with E-state index in [1.165, 1.54) is 0 Å². The van der Waals surface area contributed by atoms with Crippen LogP contribution in [0.3, 0.4) is 0 Å². The minimum Gasteiger partial charge on any atom is -0.370 e. The van der Waals surface area contributed by atoms with E-state index >= 15 is 0 Å². The zero-order chi connectivity index (χ0) is 12.5. The van der Waals surface area contributed by atoms with Crippen molar-refractivity contribution in [1.29, 1.82) is 0 Å². The van der Waals surface area contributed by atoms with Gasteiger partial charge >= 0.3 is 0 Å².